The Hall–Kier alpha value is -0.862. The Morgan fingerprint density at radius 2 is 1.88 bits per heavy atom. The van der Waals surface area contributed by atoms with Gasteiger partial charge in [0.1, 0.15) is 5.71 Å². The number of hydrazone groups is 1. The topological polar surface area (TPSA) is 32.7 Å². The van der Waals surface area contributed by atoms with Gasteiger partial charge in [0, 0.05) is 32.0 Å². The smallest absolute Gasteiger partial charge is 0.268 e. The number of anilines is 1. The molecule has 2 atom stereocenters. The first-order valence-corrected chi connectivity index (χ1v) is 8.11. The Kier molecular flexibility index (Phi) is 6.50. The molecule has 0 bridgehead atoms. The largest absolute Gasteiger partial charge is 0.274 e. The molecule has 1 heterocycles. The van der Waals surface area contributed by atoms with E-state index >= 15 is 0 Å². The molecule has 0 saturated heterocycles. The van der Waals surface area contributed by atoms with Crippen LogP contribution in [0.5, 0.6) is 0 Å². The zero-order chi connectivity index (χ0) is 16.6. The summed E-state index contributed by atoms with van der Waals surface area (Å²) in [5, 5.41) is 6.59. The van der Waals surface area contributed by atoms with Crippen molar-refractivity contribution in [2.45, 2.75) is 13.0 Å². The van der Waals surface area contributed by atoms with Gasteiger partial charge in [-0.2, -0.15) is 35.4 Å². The summed E-state index contributed by atoms with van der Waals surface area (Å²) >= 11 is 18.0. The summed E-state index contributed by atoms with van der Waals surface area (Å²) in [5.74, 6) is -0.172. The van der Waals surface area contributed by atoms with Gasteiger partial charge in [0.2, 0.25) is 0 Å². The van der Waals surface area contributed by atoms with Crippen molar-refractivity contribution >= 4 is 51.4 Å². The van der Waals surface area contributed by atoms with Crippen LogP contribution in [0.3, 0.4) is 0 Å². The molecule has 2 unspecified atom stereocenters. The van der Waals surface area contributed by atoms with Crippen LogP contribution in [-0.4, -0.2) is 11.0 Å². The van der Waals surface area contributed by atoms with E-state index < -0.39 is 5.24 Å². The SMILES string of the molecule is CC1C(C(=O)Cl)=NN(c2ccc(Cl)cc2Cl)C1c1cc[c-]cc1.[W]. The first kappa shape index (κ1) is 19.5. The summed E-state index contributed by atoms with van der Waals surface area (Å²) < 4.78 is 0. The zero-order valence-corrected chi connectivity index (χ0v) is 17.7. The molecule has 0 fully saturated rings. The van der Waals surface area contributed by atoms with Gasteiger partial charge in [-0.1, -0.05) is 30.1 Å². The second-order valence-corrected chi connectivity index (χ2v) is 6.45. The number of hydrogen-bond donors (Lipinski definition) is 0. The van der Waals surface area contributed by atoms with Crippen LogP contribution in [0.25, 0.3) is 0 Å². The first-order valence-electron chi connectivity index (χ1n) is 6.97. The predicted octanol–water partition coefficient (Wildman–Crippen LogP) is 5.11. The molecule has 24 heavy (non-hydrogen) atoms. The van der Waals surface area contributed by atoms with Crippen LogP contribution in [-0.2, 0) is 25.9 Å². The molecule has 0 N–H and O–H groups in total. The van der Waals surface area contributed by atoms with E-state index in [4.69, 9.17) is 34.8 Å². The summed E-state index contributed by atoms with van der Waals surface area (Å²) in [6.07, 6.45) is 0. The van der Waals surface area contributed by atoms with Crippen molar-refractivity contribution < 1.29 is 25.9 Å². The van der Waals surface area contributed by atoms with Crippen LogP contribution < -0.4 is 5.01 Å². The third kappa shape index (κ3) is 3.70. The van der Waals surface area contributed by atoms with Gasteiger partial charge in [0.25, 0.3) is 5.24 Å². The van der Waals surface area contributed by atoms with Crippen LogP contribution in [0.4, 0.5) is 5.69 Å². The van der Waals surface area contributed by atoms with Crippen molar-refractivity contribution in [1.82, 2.24) is 0 Å². The molecule has 0 amide bonds. The minimum atomic E-state index is -0.558. The van der Waals surface area contributed by atoms with Gasteiger partial charge in [0.15, 0.2) is 0 Å². The second-order valence-electron chi connectivity index (χ2n) is 5.27. The van der Waals surface area contributed by atoms with Gasteiger partial charge in [-0.25, -0.2) is 0 Å². The van der Waals surface area contributed by atoms with Gasteiger partial charge in [0.05, 0.1) is 16.8 Å². The predicted molar refractivity (Wildman–Crippen MR) is 94.4 cm³/mol. The fourth-order valence-corrected chi connectivity index (χ4v) is 3.45. The number of nitrogens with zero attached hydrogens (tertiary/aromatic N) is 2. The standard InChI is InChI=1S/C17H12Cl3N2O.W/c1-10-15(17(20)23)21-22(14-8-7-12(18)9-13(14)19)16(10)11-5-3-2-4-6-11;/h3-10,16H,1H3;/q-1;. The molecule has 3 rings (SSSR count). The molecule has 1 aliphatic heterocycles. The fourth-order valence-electron chi connectivity index (χ4n) is 2.75. The number of carbonyl (C=O) groups is 1. The molecule has 3 nitrogen and oxygen atoms in total. The van der Waals surface area contributed by atoms with E-state index in [0.29, 0.717) is 21.4 Å². The summed E-state index contributed by atoms with van der Waals surface area (Å²) in [5.41, 5.74) is 1.99. The summed E-state index contributed by atoms with van der Waals surface area (Å²) in [6.45, 7) is 1.92. The van der Waals surface area contributed by atoms with Crippen molar-refractivity contribution in [3.8, 4) is 0 Å². The number of carbonyl (C=O) groups excluding carboxylic acids is 1. The molecule has 1 aliphatic rings. The molecule has 124 valence electrons. The van der Waals surface area contributed by atoms with Crippen LogP contribution in [0.15, 0.2) is 47.6 Å². The number of benzene rings is 2. The van der Waals surface area contributed by atoms with E-state index in [2.05, 4.69) is 11.2 Å². The van der Waals surface area contributed by atoms with E-state index in [1.54, 1.807) is 23.2 Å². The van der Waals surface area contributed by atoms with Crippen molar-refractivity contribution in [2.75, 3.05) is 5.01 Å². The van der Waals surface area contributed by atoms with E-state index in [1.165, 1.54) is 0 Å². The number of rotatable bonds is 3. The van der Waals surface area contributed by atoms with Crippen molar-refractivity contribution in [1.29, 1.82) is 0 Å². The monoisotopic (exact) mass is 549 g/mol. The Labute approximate surface area is 169 Å². The molecule has 0 radical (unpaired) electrons. The maximum atomic E-state index is 11.7. The van der Waals surface area contributed by atoms with Crippen molar-refractivity contribution in [3.63, 3.8) is 0 Å². The van der Waals surface area contributed by atoms with Crippen LogP contribution >= 0.6 is 34.8 Å². The maximum Gasteiger partial charge on any atom is 0.268 e. The van der Waals surface area contributed by atoms with E-state index in [9.17, 15) is 4.79 Å². The average molecular weight is 550 g/mol. The second kappa shape index (κ2) is 8.01. The van der Waals surface area contributed by atoms with Crippen molar-refractivity contribution in [2.24, 2.45) is 11.0 Å². The molecule has 0 aromatic heterocycles. The van der Waals surface area contributed by atoms with Crippen LogP contribution in [0.2, 0.25) is 10.0 Å². The van der Waals surface area contributed by atoms with Gasteiger partial charge >= 0.3 is 0 Å². The molecule has 7 heteroatoms. The minimum absolute atomic E-state index is 0. The molecule has 2 aromatic rings. The van der Waals surface area contributed by atoms with E-state index in [0.717, 1.165) is 5.56 Å². The molecule has 2 aromatic carbocycles. The molecule has 0 saturated carbocycles. The van der Waals surface area contributed by atoms with Gasteiger partial charge in [-0.3, -0.25) is 9.80 Å². The van der Waals surface area contributed by atoms with Crippen LogP contribution in [0.1, 0.15) is 18.5 Å². The van der Waals surface area contributed by atoms with Gasteiger partial charge in [-0.15, -0.1) is 5.56 Å². The molecule has 0 aliphatic carbocycles. The molecule has 0 spiro atoms. The summed E-state index contributed by atoms with van der Waals surface area (Å²) in [6, 6.07) is 15.5. The first-order chi connectivity index (χ1) is 11.0. The normalized spacial score (nSPS) is 19.7. The fraction of sp³-hybridized carbons (Fsp3) is 0.176. The maximum absolute atomic E-state index is 11.7. The Morgan fingerprint density at radius 1 is 1.21 bits per heavy atom. The Bertz CT molecular complexity index is 783. The number of hydrogen-bond acceptors (Lipinski definition) is 3. The third-order valence-corrected chi connectivity index (χ3v) is 4.56. The van der Waals surface area contributed by atoms with Crippen molar-refractivity contribution in [3.05, 3.63) is 64.1 Å². The van der Waals surface area contributed by atoms with E-state index in [-0.39, 0.29) is 33.0 Å². The number of halogens is 3. The van der Waals surface area contributed by atoms with E-state index in [1.807, 2.05) is 31.2 Å². The Balaban J connectivity index is 0.00000208. The van der Waals surface area contributed by atoms with Gasteiger partial charge in [-0.05, 0) is 29.8 Å². The summed E-state index contributed by atoms with van der Waals surface area (Å²) in [4.78, 5) is 11.7. The zero-order valence-electron chi connectivity index (χ0n) is 12.5. The van der Waals surface area contributed by atoms with Crippen LogP contribution in [0, 0.1) is 12.0 Å². The Morgan fingerprint density at radius 3 is 2.46 bits per heavy atom. The third-order valence-electron chi connectivity index (χ3n) is 3.83. The molecular formula is C17H12Cl3N2OW-. The van der Waals surface area contributed by atoms with Gasteiger partial charge < -0.3 is 0 Å². The summed E-state index contributed by atoms with van der Waals surface area (Å²) in [7, 11) is 0. The quantitative estimate of drug-likeness (QED) is 0.393. The molecular weight excluding hydrogens is 538 g/mol. The average Bonchev–Trinajstić information content (AvgIpc) is 2.85. The minimum Gasteiger partial charge on any atom is -0.274 e.